The fraction of sp³-hybridized carbons (Fsp3) is 0.571. The van der Waals surface area contributed by atoms with Crippen LogP contribution < -0.4 is 5.32 Å². The lowest BCUT2D eigenvalue weighted by atomic mass is 9.80. The molecule has 1 aromatic carbocycles. The van der Waals surface area contributed by atoms with Gasteiger partial charge in [-0.25, -0.2) is 0 Å². The highest BCUT2D eigenvalue weighted by Gasteiger charge is 2.29. The molecule has 6 nitrogen and oxygen atoms in total. The van der Waals surface area contributed by atoms with Gasteiger partial charge in [-0.1, -0.05) is 6.07 Å². The minimum Gasteiger partial charge on any atom is -0.506 e. The number of aliphatic hydroxyl groups is 1. The van der Waals surface area contributed by atoms with E-state index >= 15 is 0 Å². The van der Waals surface area contributed by atoms with Gasteiger partial charge in [-0.3, -0.25) is 10.1 Å². The summed E-state index contributed by atoms with van der Waals surface area (Å²) in [7, 11) is 0. The highest BCUT2D eigenvalue weighted by Crippen LogP contribution is 2.35. The highest BCUT2D eigenvalue weighted by molar-refractivity contribution is 5.69. The lowest BCUT2D eigenvalue weighted by Crippen LogP contribution is -2.32. The van der Waals surface area contributed by atoms with Gasteiger partial charge in [0.25, 0.3) is 5.69 Å². The van der Waals surface area contributed by atoms with E-state index in [2.05, 4.69) is 5.32 Å². The second kappa shape index (κ2) is 5.66. The summed E-state index contributed by atoms with van der Waals surface area (Å²) in [6, 6.07) is 4.26. The van der Waals surface area contributed by atoms with Crippen LogP contribution in [0.4, 0.5) is 11.4 Å². The molecule has 110 valence electrons. The standard InChI is InChI=1S/C14H20N2O4/c1-14(18)7-5-10(6-8-14)9-15-13-11(16(19)20)3-2-4-12(13)17/h2-4,10,15,17-18H,5-9H2,1H3. The number of hydrogen-bond acceptors (Lipinski definition) is 5. The molecule has 0 radical (unpaired) electrons. The summed E-state index contributed by atoms with van der Waals surface area (Å²) in [5.74, 6) is 0.247. The Balaban J connectivity index is 2.00. The van der Waals surface area contributed by atoms with Crippen LogP contribution in [-0.4, -0.2) is 27.3 Å². The van der Waals surface area contributed by atoms with Crippen molar-refractivity contribution in [1.82, 2.24) is 0 Å². The van der Waals surface area contributed by atoms with Crippen LogP contribution in [-0.2, 0) is 0 Å². The Morgan fingerprint density at radius 3 is 2.70 bits per heavy atom. The van der Waals surface area contributed by atoms with Crippen LogP contribution in [0.3, 0.4) is 0 Å². The molecule has 0 aromatic heterocycles. The molecule has 3 N–H and O–H groups in total. The molecule has 1 aromatic rings. The van der Waals surface area contributed by atoms with Gasteiger partial charge in [0.1, 0.15) is 5.75 Å². The molecule has 0 amide bonds. The third kappa shape index (κ3) is 3.39. The van der Waals surface area contributed by atoms with Gasteiger partial charge in [-0.15, -0.1) is 0 Å². The lowest BCUT2D eigenvalue weighted by molar-refractivity contribution is -0.384. The van der Waals surface area contributed by atoms with Gasteiger partial charge in [0.2, 0.25) is 0 Å². The first-order valence-corrected chi connectivity index (χ1v) is 6.82. The van der Waals surface area contributed by atoms with Crippen LogP contribution >= 0.6 is 0 Å². The van der Waals surface area contributed by atoms with Crippen molar-refractivity contribution in [3.05, 3.63) is 28.3 Å². The molecule has 0 unspecified atom stereocenters. The minimum atomic E-state index is -0.586. The first-order valence-electron chi connectivity index (χ1n) is 6.82. The molecule has 1 aliphatic carbocycles. The highest BCUT2D eigenvalue weighted by atomic mass is 16.6. The number of hydrogen-bond donors (Lipinski definition) is 3. The maximum atomic E-state index is 10.9. The van der Waals surface area contributed by atoms with E-state index in [0.29, 0.717) is 12.5 Å². The van der Waals surface area contributed by atoms with Crippen molar-refractivity contribution in [2.45, 2.75) is 38.2 Å². The van der Waals surface area contributed by atoms with Crippen molar-refractivity contribution in [3.8, 4) is 5.75 Å². The number of nitrogens with one attached hydrogen (secondary N) is 1. The van der Waals surface area contributed by atoms with Crippen LogP contribution in [0.5, 0.6) is 5.75 Å². The van der Waals surface area contributed by atoms with E-state index in [1.807, 2.05) is 6.92 Å². The molecule has 20 heavy (non-hydrogen) atoms. The largest absolute Gasteiger partial charge is 0.506 e. The summed E-state index contributed by atoms with van der Waals surface area (Å²) in [5.41, 5.74) is -0.528. The normalized spacial score (nSPS) is 26.2. The molecule has 0 bridgehead atoms. The average molecular weight is 280 g/mol. The number of para-hydroxylation sites is 1. The van der Waals surface area contributed by atoms with E-state index < -0.39 is 10.5 Å². The molecular weight excluding hydrogens is 260 g/mol. The van der Waals surface area contributed by atoms with E-state index in [9.17, 15) is 20.3 Å². The van der Waals surface area contributed by atoms with Crippen molar-refractivity contribution in [1.29, 1.82) is 0 Å². The number of nitrogens with zero attached hydrogens (tertiary/aromatic N) is 1. The van der Waals surface area contributed by atoms with Crippen molar-refractivity contribution in [2.24, 2.45) is 5.92 Å². The molecule has 1 fully saturated rings. The smallest absolute Gasteiger partial charge is 0.296 e. The van der Waals surface area contributed by atoms with Crippen LogP contribution in [0.2, 0.25) is 0 Å². The Labute approximate surface area is 117 Å². The molecule has 6 heteroatoms. The van der Waals surface area contributed by atoms with Gasteiger partial charge in [0.05, 0.1) is 10.5 Å². The molecule has 1 aliphatic rings. The maximum Gasteiger partial charge on any atom is 0.296 e. The first kappa shape index (κ1) is 14.6. The number of phenols is 1. The Hall–Kier alpha value is -1.82. The quantitative estimate of drug-likeness (QED) is 0.447. The average Bonchev–Trinajstić information content (AvgIpc) is 2.38. The van der Waals surface area contributed by atoms with Crippen molar-refractivity contribution in [3.63, 3.8) is 0 Å². The SMILES string of the molecule is CC1(O)CCC(CNc2c(O)cccc2[N+](=O)[O-])CC1. The van der Waals surface area contributed by atoms with Gasteiger partial charge in [-0.2, -0.15) is 0 Å². The molecule has 0 spiro atoms. The van der Waals surface area contributed by atoms with Gasteiger partial charge >= 0.3 is 0 Å². The minimum absolute atomic E-state index is 0.109. The zero-order chi connectivity index (χ0) is 14.8. The van der Waals surface area contributed by atoms with Gasteiger partial charge < -0.3 is 15.5 Å². The third-order valence-corrected chi connectivity index (χ3v) is 3.97. The number of anilines is 1. The van der Waals surface area contributed by atoms with Crippen molar-refractivity contribution < 1.29 is 15.1 Å². The van der Waals surface area contributed by atoms with Crippen molar-refractivity contribution in [2.75, 3.05) is 11.9 Å². The number of nitro groups is 1. The van der Waals surface area contributed by atoms with Crippen molar-refractivity contribution >= 4 is 11.4 Å². The van der Waals surface area contributed by atoms with Gasteiger partial charge in [0.15, 0.2) is 5.69 Å². The molecule has 0 aliphatic heterocycles. The molecule has 2 rings (SSSR count). The predicted octanol–water partition coefficient (Wildman–Crippen LogP) is 2.65. The number of phenolic OH excluding ortho intramolecular Hbond substituents is 1. The molecule has 0 atom stereocenters. The lowest BCUT2D eigenvalue weighted by Gasteiger charge is -2.33. The van der Waals surface area contributed by atoms with Gasteiger partial charge in [-0.05, 0) is 44.6 Å². The Bertz CT molecular complexity index is 492. The molecule has 0 heterocycles. The second-order valence-electron chi connectivity index (χ2n) is 5.75. The number of aromatic hydroxyl groups is 1. The number of nitro benzene ring substituents is 1. The van der Waals surface area contributed by atoms with Crippen LogP contribution in [0.25, 0.3) is 0 Å². The van der Waals surface area contributed by atoms with E-state index in [1.54, 1.807) is 0 Å². The molecule has 0 saturated heterocycles. The summed E-state index contributed by atoms with van der Waals surface area (Å²) < 4.78 is 0. The summed E-state index contributed by atoms with van der Waals surface area (Å²) in [6.07, 6.45) is 3.23. The number of rotatable bonds is 4. The summed E-state index contributed by atoms with van der Waals surface area (Å²) >= 11 is 0. The monoisotopic (exact) mass is 280 g/mol. The van der Waals surface area contributed by atoms with E-state index in [-0.39, 0.29) is 17.1 Å². The third-order valence-electron chi connectivity index (χ3n) is 3.97. The molecule has 1 saturated carbocycles. The first-order chi connectivity index (χ1) is 9.39. The molecular formula is C14H20N2O4. The van der Waals surface area contributed by atoms with Crippen LogP contribution in [0.1, 0.15) is 32.6 Å². The van der Waals surface area contributed by atoms with E-state index in [1.165, 1.54) is 18.2 Å². The topological polar surface area (TPSA) is 95.6 Å². The summed E-state index contributed by atoms with van der Waals surface area (Å²) in [4.78, 5) is 10.4. The second-order valence-corrected chi connectivity index (χ2v) is 5.75. The van der Waals surface area contributed by atoms with Gasteiger partial charge in [0, 0.05) is 12.6 Å². The Kier molecular flexibility index (Phi) is 4.13. The maximum absolute atomic E-state index is 10.9. The fourth-order valence-corrected chi connectivity index (χ4v) is 2.61. The zero-order valence-corrected chi connectivity index (χ0v) is 11.5. The predicted molar refractivity (Wildman–Crippen MR) is 75.8 cm³/mol. The summed E-state index contributed by atoms with van der Waals surface area (Å²) in [5, 5.41) is 33.6. The summed E-state index contributed by atoms with van der Waals surface area (Å²) in [6.45, 7) is 2.40. The van der Waals surface area contributed by atoms with E-state index in [4.69, 9.17) is 0 Å². The van der Waals surface area contributed by atoms with Crippen LogP contribution in [0.15, 0.2) is 18.2 Å². The number of benzene rings is 1. The van der Waals surface area contributed by atoms with Crippen LogP contribution in [0, 0.1) is 16.0 Å². The Morgan fingerprint density at radius 1 is 1.45 bits per heavy atom. The Morgan fingerprint density at radius 2 is 2.10 bits per heavy atom. The van der Waals surface area contributed by atoms with E-state index in [0.717, 1.165) is 25.7 Å². The zero-order valence-electron chi connectivity index (χ0n) is 11.5. The fourth-order valence-electron chi connectivity index (χ4n) is 2.61.